The van der Waals surface area contributed by atoms with E-state index in [0.29, 0.717) is 18.5 Å². The summed E-state index contributed by atoms with van der Waals surface area (Å²) in [4.78, 5) is 13.7. The predicted molar refractivity (Wildman–Crippen MR) is 57.8 cm³/mol. The molecular weight excluding hydrogens is 176 g/mol. The van der Waals surface area contributed by atoms with E-state index in [0.717, 1.165) is 12.8 Å². The lowest BCUT2D eigenvalue weighted by Gasteiger charge is -2.33. The van der Waals surface area contributed by atoms with Gasteiger partial charge in [-0.3, -0.25) is 10.1 Å². The Morgan fingerprint density at radius 2 is 2.14 bits per heavy atom. The number of hydrogen-bond acceptors (Lipinski definition) is 2. The lowest BCUT2D eigenvalue weighted by Crippen LogP contribution is -2.45. The molecule has 1 saturated heterocycles. The minimum absolute atomic E-state index is 0.254. The highest BCUT2D eigenvalue weighted by Crippen LogP contribution is 2.20. The molecule has 0 spiro atoms. The second-order valence-corrected chi connectivity index (χ2v) is 4.23. The zero-order valence-corrected chi connectivity index (χ0v) is 9.71. The molecule has 3 atom stereocenters. The van der Waals surface area contributed by atoms with E-state index in [1.54, 1.807) is 0 Å². The third-order valence-corrected chi connectivity index (χ3v) is 3.41. The molecule has 3 unspecified atom stereocenters. The Bertz CT molecular complexity index is 205. The molecule has 3 nitrogen and oxygen atoms in total. The number of nitrogens with zero attached hydrogens (tertiary/aromatic N) is 1. The highest BCUT2D eigenvalue weighted by atomic mass is 16.2. The average Bonchev–Trinajstić information content (AvgIpc) is 2.57. The van der Waals surface area contributed by atoms with Gasteiger partial charge in [0.15, 0.2) is 0 Å². The van der Waals surface area contributed by atoms with Gasteiger partial charge in [-0.1, -0.05) is 27.2 Å². The molecule has 0 aromatic heterocycles. The van der Waals surface area contributed by atoms with Gasteiger partial charge in [-0.15, -0.1) is 0 Å². The molecule has 1 N–H and O–H groups in total. The van der Waals surface area contributed by atoms with E-state index in [1.165, 1.54) is 0 Å². The quantitative estimate of drug-likeness (QED) is 0.744. The van der Waals surface area contributed by atoms with E-state index < -0.39 is 0 Å². The summed E-state index contributed by atoms with van der Waals surface area (Å²) >= 11 is 0. The van der Waals surface area contributed by atoms with Crippen molar-refractivity contribution < 1.29 is 4.79 Å². The van der Waals surface area contributed by atoms with Gasteiger partial charge in [0.1, 0.15) is 0 Å². The minimum Gasteiger partial charge on any atom is -0.323 e. The summed E-state index contributed by atoms with van der Waals surface area (Å²) in [5, 5.41) is 3.24. The number of hydrogen-bond donors (Lipinski definition) is 1. The van der Waals surface area contributed by atoms with Crippen LogP contribution in [0.2, 0.25) is 0 Å². The van der Waals surface area contributed by atoms with E-state index in [2.05, 4.69) is 33.0 Å². The van der Waals surface area contributed by atoms with Crippen molar-refractivity contribution >= 4 is 5.91 Å². The molecular formula is C11H22N2O. The topological polar surface area (TPSA) is 32.3 Å². The Labute approximate surface area is 86.9 Å². The van der Waals surface area contributed by atoms with Gasteiger partial charge in [0, 0.05) is 6.04 Å². The van der Waals surface area contributed by atoms with Gasteiger partial charge in [-0.25, -0.2) is 0 Å². The molecule has 1 fully saturated rings. The van der Waals surface area contributed by atoms with Crippen LogP contribution in [0.3, 0.4) is 0 Å². The van der Waals surface area contributed by atoms with Crippen LogP contribution in [0.25, 0.3) is 0 Å². The smallest absolute Gasteiger partial charge is 0.238 e. The molecule has 0 bridgehead atoms. The highest BCUT2D eigenvalue weighted by molar-refractivity contribution is 5.81. The van der Waals surface area contributed by atoms with Crippen LogP contribution in [0, 0.1) is 5.92 Å². The third-order valence-electron chi connectivity index (χ3n) is 3.41. The first-order valence-electron chi connectivity index (χ1n) is 5.66. The lowest BCUT2D eigenvalue weighted by molar-refractivity contribution is -0.131. The summed E-state index contributed by atoms with van der Waals surface area (Å²) in [5.41, 5.74) is 0. The Hall–Kier alpha value is -0.570. The van der Waals surface area contributed by atoms with Crippen LogP contribution < -0.4 is 5.32 Å². The molecule has 14 heavy (non-hydrogen) atoms. The van der Waals surface area contributed by atoms with Gasteiger partial charge in [0.25, 0.3) is 0 Å². The predicted octanol–water partition coefficient (Wildman–Crippen LogP) is 1.59. The maximum Gasteiger partial charge on any atom is 0.238 e. The first-order valence-corrected chi connectivity index (χ1v) is 5.66. The fourth-order valence-electron chi connectivity index (χ4n) is 2.04. The van der Waals surface area contributed by atoms with Gasteiger partial charge >= 0.3 is 0 Å². The van der Waals surface area contributed by atoms with Gasteiger partial charge in [-0.05, 0) is 19.3 Å². The van der Waals surface area contributed by atoms with Crippen LogP contribution in [0.5, 0.6) is 0 Å². The molecule has 82 valence electrons. The molecule has 0 saturated carbocycles. The summed E-state index contributed by atoms with van der Waals surface area (Å²) in [7, 11) is 0. The summed E-state index contributed by atoms with van der Waals surface area (Å²) in [6, 6.07) is 0.354. The van der Waals surface area contributed by atoms with Crippen molar-refractivity contribution in [1.29, 1.82) is 0 Å². The van der Waals surface area contributed by atoms with Crippen molar-refractivity contribution in [3.8, 4) is 0 Å². The maximum absolute atomic E-state index is 11.7. The lowest BCUT2D eigenvalue weighted by atomic mass is 9.99. The number of nitrogens with one attached hydrogen (secondary N) is 1. The minimum atomic E-state index is 0.254. The molecule has 1 rings (SSSR count). The fourth-order valence-corrected chi connectivity index (χ4v) is 2.04. The van der Waals surface area contributed by atoms with Crippen molar-refractivity contribution in [2.24, 2.45) is 5.92 Å². The monoisotopic (exact) mass is 198 g/mol. The van der Waals surface area contributed by atoms with Gasteiger partial charge in [-0.2, -0.15) is 0 Å². The van der Waals surface area contributed by atoms with Crippen molar-refractivity contribution in [2.45, 2.75) is 52.7 Å². The molecule has 0 aromatic carbocycles. The molecule has 1 heterocycles. The summed E-state index contributed by atoms with van der Waals surface area (Å²) in [6.07, 6.45) is 2.37. The van der Waals surface area contributed by atoms with E-state index >= 15 is 0 Å². The molecule has 1 amide bonds. The van der Waals surface area contributed by atoms with Crippen LogP contribution in [-0.2, 0) is 4.79 Å². The molecule has 0 aromatic rings. The standard InChI is InChI=1S/C11H22N2O/c1-5-8(3)9(4)13-10(6-2)12-7-11(13)14/h8-10,12H,5-7H2,1-4H3. The highest BCUT2D eigenvalue weighted by Gasteiger charge is 2.34. The molecule has 1 aliphatic rings. The second-order valence-electron chi connectivity index (χ2n) is 4.23. The Balaban J connectivity index is 2.67. The SMILES string of the molecule is CCC(C)C(C)N1C(=O)CNC1CC. The Morgan fingerprint density at radius 1 is 1.50 bits per heavy atom. The molecule has 0 aliphatic carbocycles. The van der Waals surface area contributed by atoms with Gasteiger partial charge < -0.3 is 4.90 Å². The molecule has 1 aliphatic heterocycles. The normalized spacial score (nSPS) is 26.7. The van der Waals surface area contributed by atoms with E-state index in [1.807, 2.05) is 4.90 Å². The van der Waals surface area contributed by atoms with E-state index in [9.17, 15) is 4.79 Å². The second kappa shape index (κ2) is 4.78. The number of carbonyl (C=O) groups excluding carboxylic acids is 1. The van der Waals surface area contributed by atoms with Crippen LogP contribution in [0.1, 0.15) is 40.5 Å². The van der Waals surface area contributed by atoms with Crippen LogP contribution in [-0.4, -0.2) is 29.6 Å². The van der Waals surface area contributed by atoms with Crippen molar-refractivity contribution in [3.05, 3.63) is 0 Å². The maximum atomic E-state index is 11.7. The van der Waals surface area contributed by atoms with Crippen molar-refractivity contribution in [2.75, 3.05) is 6.54 Å². The van der Waals surface area contributed by atoms with Crippen molar-refractivity contribution in [3.63, 3.8) is 0 Å². The Morgan fingerprint density at radius 3 is 2.64 bits per heavy atom. The van der Waals surface area contributed by atoms with Crippen molar-refractivity contribution in [1.82, 2.24) is 10.2 Å². The zero-order valence-electron chi connectivity index (χ0n) is 9.71. The Kier molecular flexibility index (Phi) is 3.93. The van der Waals surface area contributed by atoms with Gasteiger partial charge in [0.05, 0.1) is 12.7 Å². The molecule has 0 radical (unpaired) electrons. The number of amides is 1. The summed E-state index contributed by atoms with van der Waals surface area (Å²) < 4.78 is 0. The summed E-state index contributed by atoms with van der Waals surface area (Å²) in [5.74, 6) is 0.831. The van der Waals surface area contributed by atoms with Gasteiger partial charge in [0.2, 0.25) is 5.91 Å². The summed E-state index contributed by atoms with van der Waals surface area (Å²) in [6.45, 7) is 9.17. The van der Waals surface area contributed by atoms with Crippen LogP contribution in [0.4, 0.5) is 0 Å². The van der Waals surface area contributed by atoms with E-state index in [4.69, 9.17) is 0 Å². The first kappa shape index (κ1) is 11.5. The zero-order chi connectivity index (χ0) is 10.7. The third kappa shape index (κ3) is 2.08. The fraction of sp³-hybridized carbons (Fsp3) is 0.909. The van der Waals surface area contributed by atoms with Crippen LogP contribution >= 0.6 is 0 Å². The average molecular weight is 198 g/mol. The number of rotatable bonds is 4. The van der Waals surface area contributed by atoms with E-state index in [-0.39, 0.29) is 12.1 Å². The number of carbonyl (C=O) groups is 1. The molecule has 3 heteroatoms. The van der Waals surface area contributed by atoms with Crippen LogP contribution in [0.15, 0.2) is 0 Å². The largest absolute Gasteiger partial charge is 0.323 e. The first-order chi connectivity index (χ1) is 6.61.